The highest BCUT2D eigenvalue weighted by Gasteiger charge is 2.33. The lowest BCUT2D eigenvalue weighted by molar-refractivity contribution is -0.137. The summed E-state index contributed by atoms with van der Waals surface area (Å²) < 4.78 is 74.2. The van der Waals surface area contributed by atoms with Crippen LogP contribution in [0.3, 0.4) is 0 Å². The van der Waals surface area contributed by atoms with Crippen LogP contribution in [0.4, 0.5) is 39.3 Å². The van der Waals surface area contributed by atoms with Crippen molar-refractivity contribution >= 4 is 17.3 Å². The van der Waals surface area contributed by atoms with Gasteiger partial charge in [-0.1, -0.05) is 0 Å². The molecular weight excluding hydrogens is 459 g/mol. The highest BCUT2D eigenvalue weighted by atomic mass is 19.4. The topological polar surface area (TPSA) is 58.5 Å². The summed E-state index contributed by atoms with van der Waals surface area (Å²) in [5.41, 5.74) is -0.109. The second kappa shape index (κ2) is 8.84. The van der Waals surface area contributed by atoms with Crippen LogP contribution in [0.15, 0.2) is 42.7 Å². The lowest BCUT2D eigenvalue weighted by Crippen LogP contribution is -2.56. The first-order chi connectivity index (χ1) is 16.2. The molecule has 2 aromatic carbocycles. The minimum Gasteiger partial charge on any atom is -0.378 e. The number of hydrogen-bond donors (Lipinski definition) is 1. The summed E-state index contributed by atoms with van der Waals surface area (Å²) in [5, 5.41) is 6.86. The largest absolute Gasteiger partial charge is 0.416 e. The van der Waals surface area contributed by atoms with Crippen molar-refractivity contribution in [2.24, 2.45) is 0 Å². The summed E-state index contributed by atoms with van der Waals surface area (Å²) in [6.07, 6.45) is -3.32. The van der Waals surface area contributed by atoms with E-state index in [2.05, 4.69) is 20.3 Å². The second-order valence-electron chi connectivity index (χ2n) is 8.25. The van der Waals surface area contributed by atoms with Crippen molar-refractivity contribution in [1.82, 2.24) is 19.7 Å². The first-order valence-corrected chi connectivity index (χ1v) is 10.7. The molecule has 3 aromatic rings. The van der Waals surface area contributed by atoms with Gasteiger partial charge in [-0.25, -0.2) is 13.5 Å². The normalized spacial score (nSPS) is 17.6. The molecule has 0 amide bonds. The molecule has 1 aromatic heterocycles. The third-order valence-corrected chi connectivity index (χ3v) is 5.92. The molecule has 0 bridgehead atoms. The van der Waals surface area contributed by atoms with Crippen molar-refractivity contribution < 1.29 is 26.7 Å². The van der Waals surface area contributed by atoms with Gasteiger partial charge in [-0.15, -0.1) is 5.10 Å². The number of aromatic nitrogens is 3. The van der Waals surface area contributed by atoms with E-state index in [1.807, 2.05) is 4.90 Å². The van der Waals surface area contributed by atoms with Gasteiger partial charge in [0.2, 0.25) is 5.95 Å². The van der Waals surface area contributed by atoms with Crippen molar-refractivity contribution in [3.05, 3.63) is 59.9 Å². The molecule has 0 spiro atoms. The average Bonchev–Trinajstić information content (AvgIpc) is 3.20. The first-order valence-electron chi connectivity index (χ1n) is 10.7. The van der Waals surface area contributed by atoms with Gasteiger partial charge < -0.3 is 15.0 Å². The lowest BCUT2D eigenvalue weighted by atomic mass is 10.1. The maximum absolute atomic E-state index is 13.6. The van der Waals surface area contributed by atoms with Crippen LogP contribution in [0.25, 0.3) is 5.69 Å². The van der Waals surface area contributed by atoms with Gasteiger partial charge in [0.15, 0.2) is 0 Å². The molecular formula is C22H21F5N6O. The monoisotopic (exact) mass is 480 g/mol. The number of alkyl halides is 3. The summed E-state index contributed by atoms with van der Waals surface area (Å²) in [7, 11) is 0. The Morgan fingerprint density at radius 3 is 2.21 bits per heavy atom. The molecule has 2 aliphatic heterocycles. The zero-order valence-electron chi connectivity index (χ0n) is 17.9. The molecule has 2 aliphatic rings. The smallest absolute Gasteiger partial charge is 0.378 e. The Bertz CT molecular complexity index is 1150. The van der Waals surface area contributed by atoms with Gasteiger partial charge in [0.05, 0.1) is 30.5 Å². The van der Waals surface area contributed by atoms with E-state index in [9.17, 15) is 22.0 Å². The Kier molecular flexibility index (Phi) is 5.86. The van der Waals surface area contributed by atoms with Gasteiger partial charge in [0, 0.05) is 43.6 Å². The Hall–Kier alpha value is -3.25. The van der Waals surface area contributed by atoms with Crippen LogP contribution in [0.2, 0.25) is 0 Å². The van der Waals surface area contributed by atoms with Gasteiger partial charge in [-0.05, 0) is 30.3 Å². The molecule has 0 unspecified atom stereocenters. The number of ether oxygens (including phenoxy) is 1. The van der Waals surface area contributed by atoms with Crippen LogP contribution in [0.1, 0.15) is 5.56 Å². The third kappa shape index (κ3) is 4.82. The van der Waals surface area contributed by atoms with Crippen LogP contribution in [0, 0.1) is 11.6 Å². The molecule has 1 N–H and O–H groups in total. The minimum absolute atomic E-state index is 0.00949. The summed E-state index contributed by atoms with van der Waals surface area (Å²) >= 11 is 0. The van der Waals surface area contributed by atoms with Crippen LogP contribution in [-0.4, -0.2) is 65.1 Å². The first kappa shape index (κ1) is 22.5. The molecule has 2 saturated heterocycles. The fourth-order valence-corrected chi connectivity index (χ4v) is 4.05. The summed E-state index contributed by atoms with van der Waals surface area (Å²) in [6.45, 7) is 4.05. The Balaban J connectivity index is 1.37. The van der Waals surface area contributed by atoms with Crippen molar-refractivity contribution in [2.45, 2.75) is 12.2 Å². The molecule has 12 heteroatoms. The average molecular weight is 480 g/mol. The number of piperazine rings is 1. The highest BCUT2D eigenvalue weighted by molar-refractivity contribution is 5.64. The molecule has 0 atom stereocenters. The zero-order valence-corrected chi connectivity index (χ0v) is 17.9. The molecule has 0 aliphatic carbocycles. The number of hydrogen-bond acceptors (Lipinski definition) is 6. The van der Waals surface area contributed by atoms with Crippen molar-refractivity contribution in [3.8, 4) is 5.69 Å². The number of nitrogens with one attached hydrogen (secondary N) is 1. The molecule has 5 rings (SSSR count). The van der Waals surface area contributed by atoms with Gasteiger partial charge >= 0.3 is 6.18 Å². The van der Waals surface area contributed by atoms with Crippen LogP contribution in [-0.2, 0) is 10.9 Å². The van der Waals surface area contributed by atoms with Gasteiger partial charge in [0.25, 0.3) is 0 Å². The Morgan fingerprint density at radius 2 is 1.59 bits per heavy atom. The summed E-state index contributed by atoms with van der Waals surface area (Å²) in [4.78, 5) is 8.21. The molecule has 0 radical (unpaired) electrons. The zero-order chi connectivity index (χ0) is 23.9. The third-order valence-electron chi connectivity index (χ3n) is 5.92. The van der Waals surface area contributed by atoms with E-state index in [1.54, 1.807) is 6.07 Å². The van der Waals surface area contributed by atoms with E-state index >= 15 is 0 Å². The van der Waals surface area contributed by atoms with Crippen LogP contribution >= 0.6 is 0 Å². The fraction of sp³-hybridized carbons (Fsp3) is 0.364. The van der Waals surface area contributed by atoms with Crippen LogP contribution < -0.4 is 10.2 Å². The predicted octanol–water partition coefficient (Wildman–Crippen LogP) is 3.83. The van der Waals surface area contributed by atoms with Crippen LogP contribution in [0.5, 0.6) is 0 Å². The number of anilines is 3. The molecule has 2 fully saturated rings. The lowest BCUT2D eigenvalue weighted by Gasteiger charge is -2.43. The molecule has 180 valence electrons. The van der Waals surface area contributed by atoms with Gasteiger partial charge in [-0.2, -0.15) is 18.2 Å². The van der Waals surface area contributed by atoms with E-state index in [0.717, 1.165) is 48.1 Å². The fourth-order valence-electron chi connectivity index (χ4n) is 4.05. The maximum atomic E-state index is 13.6. The van der Waals surface area contributed by atoms with Crippen molar-refractivity contribution in [1.29, 1.82) is 0 Å². The quantitative estimate of drug-likeness (QED) is 0.561. The minimum atomic E-state index is -4.54. The van der Waals surface area contributed by atoms with E-state index in [4.69, 9.17) is 4.74 Å². The number of benzene rings is 2. The Labute approximate surface area is 191 Å². The number of rotatable bonds is 5. The molecule has 34 heavy (non-hydrogen) atoms. The second-order valence-corrected chi connectivity index (χ2v) is 8.25. The van der Waals surface area contributed by atoms with E-state index in [0.29, 0.717) is 38.0 Å². The van der Waals surface area contributed by atoms with E-state index < -0.39 is 23.4 Å². The van der Waals surface area contributed by atoms with E-state index in [1.165, 1.54) is 6.33 Å². The number of nitrogens with zero attached hydrogens (tertiary/aromatic N) is 5. The van der Waals surface area contributed by atoms with E-state index in [-0.39, 0.29) is 17.3 Å². The van der Waals surface area contributed by atoms with Gasteiger partial charge in [0.1, 0.15) is 18.0 Å². The Morgan fingerprint density at radius 1 is 0.882 bits per heavy atom. The standard InChI is InChI=1S/C22H21F5N6O/c23-15-7-16(24)9-19(8-15)33-13-28-21(30-33)29-17-5-14(22(25,26)27)6-18(10-17)31-1-3-32(4-2-31)20-11-34-12-20/h5-10,13,20H,1-4,11-12H2,(H,29,30). The SMILES string of the molecule is Fc1cc(F)cc(-n2cnc(Nc3cc(N4CCN(C5COC5)CC4)cc(C(F)(F)F)c3)n2)c1. The number of halogens is 5. The van der Waals surface area contributed by atoms with Crippen molar-refractivity contribution in [3.63, 3.8) is 0 Å². The highest BCUT2D eigenvalue weighted by Crippen LogP contribution is 2.35. The van der Waals surface area contributed by atoms with Gasteiger partial charge in [-0.3, -0.25) is 4.90 Å². The molecule has 7 nitrogen and oxygen atoms in total. The summed E-state index contributed by atoms with van der Waals surface area (Å²) in [5.74, 6) is -1.58. The predicted molar refractivity (Wildman–Crippen MR) is 114 cm³/mol. The molecule has 3 heterocycles. The van der Waals surface area contributed by atoms with Crippen molar-refractivity contribution in [2.75, 3.05) is 49.6 Å². The molecule has 0 saturated carbocycles. The summed E-state index contributed by atoms with van der Waals surface area (Å²) in [6, 6.07) is 6.97. The maximum Gasteiger partial charge on any atom is 0.416 e.